The minimum atomic E-state index is -3.49. The summed E-state index contributed by atoms with van der Waals surface area (Å²) in [5.41, 5.74) is 1.13. The lowest BCUT2D eigenvalue weighted by Crippen LogP contribution is -2.40. The second-order valence-corrected chi connectivity index (χ2v) is 7.91. The Hall–Kier alpha value is -1.11. The van der Waals surface area contributed by atoms with Crippen molar-refractivity contribution in [3.8, 4) is 0 Å². The average Bonchev–Trinajstić information content (AvgIpc) is 2.44. The smallest absolute Gasteiger partial charge is 0.238 e. The number of sulfonamides is 1. The number of carbonyl (C=O) groups is 1. The van der Waals surface area contributed by atoms with Crippen LogP contribution in [0.1, 0.15) is 39.7 Å². The first-order valence-electron chi connectivity index (χ1n) is 6.69. The normalized spacial score (nSPS) is 12.2. The molecule has 0 spiro atoms. The highest BCUT2D eigenvalue weighted by atomic mass is 35.5. The Kier molecular flexibility index (Phi) is 5.78. The third kappa shape index (κ3) is 3.96. The number of halogens is 1. The Morgan fingerprint density at radius 1 is 1.29 bits per heavy atom. The van der Waals surface area contributed by atoms with Crippen molar-refractivity contribution < 1.29 is 13.2 Å². The fourth-order valence-electron chi connectivity index (χ4n) is 1.75. The zero-order valence-corrected chi connectivity index (χ0v) is 14.3. The number of benzene rings is 1. The van der Waals surface area contributed by atoms with E-state index < -0.39 is 14.8 Å². The maximum Gasteiger partial charge on any atom is 0.238 e. The molecule has 0 heterocycles. The van der Waals surface area contributed by atoms with E-state index >= 15 is 0 Å². The van der Waals surface area contributed by atoms with Gasteiger partial charge in [0.1, 0.15) is 4.75 Å². The molecule has 1 aromatic carbocycles. The van der Waals surface area contributed by atoms with Crippen LogP contribution < -0.4 is 9.14 Å². The molecule has 21 heavy (non-hydrogen) atoms. The van der Waals surface area contributed by atoms with Crippen molar-refractivity contribution in [3.05, 3.63) is 29.8 Å². The number of hydrogen-bond acceptors (Lipinski definition) is 3. The summed E-state index contributed by atoms with van der Waals surface area (Å²) in [7, 11) is -3.49. The Balaban J connectivity index is 3.07. The first-order valence-corrected chi connectivity index (χ1v) is 8.52. The lowest BCUT2D eigenvalue weighted by Gasteiger charge is -2.26. The number of hydrogen-bond donors (Lipinski definition) is 1. The van der Waals surface area contributed by atoms with Gasteiger partial charge in [0.2, 0.25) is 15.9 Å². The van der Waals surface area contributed by atoms with Crippen molar-refractivity contribution in [2.75, 3.05) is 11.0 Å². The van der Waals surface area contributed by atoms with E-state index in [2.05, 4.69) is 4.72 Å². The second kappa shape index (κ2) is 6.77. The molecule has 1 N–H and O–H groups in total. The van der Waals surface area contributed by atoms with Crippen LogP contribution in [-0.4, -0.2) is 20.9 Å². The van der Waals surface area contributed by atoms with Gasteiger partial charge in [-0.05, 0) is 38.0 Å². The van der Waals surface area contributed by atoms with Gasteiger partial charge in [-0.1, -0.05) is 19.1 Å². The first kappa shape index (κ1) is 17.9. The van der Waals surface area contributed by atoms with Crippen LogP contribution in [0, 0.1) is 0 Å². The highest BCUT2D eigenvalue weighted by Gasteiger charge is 2.35. The Labute approximate surface area is 131 Å². The highest BCUT2D eigenvalue weighted by molar-refractivity contribution is 7.90. The molecule has 0 radical (unpaired) electrons. The molecule has 0 aliphatic carbocycles. The van der Waals surface area contributed by atoms with Crippen LogP contribution in [0.4, 0.5) is 5.69 Å². The lowest BCUT2D eigenvalue weighted by molar-refractivity contribution is -0.115. The molecule has 0 bridgehead atoms. The minimum Gasteiger partial charge on any atom is -0.274 e. The molecule has 1 rings (SSSR count). The first-order chi connectivity index (χ1) is 9.63. The van der Waals surface area contributed by atoms with E-state index in [1.54, 1.807) is 38.1 Å². The van der Waals surface area contributed by atoms with Gasteiger partial charge in [-0.15, -0.1) is 0 Å². The van der Waals surface area contributed by atoms with Gasteiger partial charge in [0.05, 0.1) is 5.69 Å². The third-order valence-electron chi connectivity index (χ3n) is 3.28. The Morgan fingerprint density at radius 3 is 2.24 bits per heavy atom. The standard InChI is InChI=1S/C14H21ClN2O3S/c1-5-10-16-21(19,20)14(3,4)12-6-8-13(9-7-12)17(15)11(2)18/h6-9,16H,5,10H2,1-4H3. The van der Waals surface area contributed by atoms with Crippen molar-refractivity contribution in [2.45, 2.75) is 38.9 Å². The van der Waals surface area contributed by atoms with Gasteiger partial charge >= 0.3 is 0 Å². The summed E-state index contributed by atoms with van der Waals surface area (Å²) in [5.74, 6) is -0.305. The Bertz CT molecular complexity index is 597. The summed E-state index contributed by atoms with van der Waals surface area (Å²) in [5, 5.41) is 0. The summed E-state index contributed by atoms with van der Waals surface area (Å²) >= 11 is 5.82. The van der Waals surface area contributed by atoms with E-state index in [9.17, 15) is 13.2 Å². The monoisotopic (exact) mass is 332 g/mol. The van der Waals surface area contributed by atoms with E-state index in [1.165, 1.54) is 6.92 Å². The molecule has 0 fully saturated rings. The van der Waals surface area contributed by atoms with Crippen LogP contribution in [-0.2, 0) is 19.6 Å². The molecule has 5 nitrogen and oxygen atoms in total. The van der Waals surface area contributed by atoms with Crippen molar-refractivity contribution in [1.82, 2.24) is 4.72 Å². The van der Waals surface area contributed by atoms with Crippen LogP contribution in [0.3, 0.4) is 0 Å². The van der Waals surface area contributed by atoms with Crippen molar-refractivity contribution in [2.24, 2.45) is 0 Å². The second-order valence-electron chi connectivity index (χ2n) is 5.25. The van der Waals surface area contributed by atoms with Crippen LogP contribution >= 0.6 is 11.8 Å². The number of carbonyl (C=O) groups excluding carboxylic acids is 1. The topological polar surface area (TPSA) is 66.5 Å². The summed E-state index contributed by atoms with van der Waals surface area (Å²) in [4.78, 5) is 11.2. The molecule has 7 heteroatoms. The predicted molar refractivity (Wildman–Crippen MR) is 85.7 cm³/mol. The van der Waals surface area contributed by atoms with Crippen LogP contribution in [0.15, 0.2) is 24.3 Å². The van der Waals surface area contributed by atoms with Crippen molar-refractivity contribution in [1.29, 1.82) is 0 Å². The molecule has 0 atom stereocenters. The van der Waals surface area contributed by atoms with E-state index in [4.69, 9.17) is 11.8 Å². The molecule has 0 saturated carbocycles. The maximum absolute atomic E-state index is 12.3. The fraction of sp³-hybridized carbons (Fsp3) is 0.500. The predicted octanol–water partition coefficient (Wildman–Crippen LogP) is 2.76. The molecule has 0 saturated heterocycles. The average molecular weight is 333 g/mol. The molecule has 1 amide bonds. The van der Waals surface area contributed by atoms with E-state index in [-0.39, 0.29) is 5.91 Å². The van der Waals surface area contributed by atoms with Crippen LogP contribution in [0.25, 0.3) is 0 Å². The Morgan fingerprint density at radius 2 is 1.81 bits per heavy atom. The molecular formula is C14H21ClN2O3S. The van der Waals surface area contributed by atoms with E-state index in [0.29, 0.717) is 17.8 Å². The summed E-state index contributed by atoms with van der Waals surface area (Å²) in [6.07, 6.45) is 0.730. The van der Waals surface area contributed by atoms with Crippen molar-refractivity contribution >= 4 is 33.4 Å². The number of amides is 1. The zero-order valence-electron chi connectivity index (χ0n) is 12.7. The minimum absolute atomic E-state index is 0.305. The van der Waals surface area contributed by atoms with Gasteiger partial charge in [-0.25, -0.2) is 17.6 Å². The van der Waals surface area contributed by atoms with E-state index in [1.807, 2.05) is 6.92 Å². The summed E-state index contributed by atoms with van der Waals surface area (Å²) in [6, 6.07) is 6.58. The number of nitrogens with zero attached hydrogens (tertiary/aromatic N) is 1. The highest BCUT2D eigenvalue weighted by Crippen LogP contribution is 2.30. The van der Waals surface area contributed by atoms with Gasteiger partial charge in [0.15, 0.2) is 0 Å². The number of nitrogens with one attached hydrogen (secondary N) is 1. The summed E-state index contributed by atoms with van der Waals surface area (Å²) in [6.45, 7) is 6.95. The van der Waals surface area contributed by atoms with Gasteiger partial charge in [0.25, 0.3) is 0 Å². The maximum atomic E-state index is 12.3. The largest absolute Gasteiger partial charge is 0.274 e. The quantitative estimate of drug-likeness (QED) is 0.814. The van der Waals surface area contributed by atoms with Gasteiger partial charge in [-0.3, -0.25) is 4.79 Å². The van der Waals surface area contributed by atoms with Crippen LogP contribution in [0.2, 0.25) is 0 Å². The lowest BCUT2D eigenvalue weighted by atomic mass is 10.0. The molecule has 1 aromatic rings. The molecule has 0 aromatic heterocycles. The number of rotatable bonds is 6. The molecule has 0 aliphatic heterocycles. The summed E-state index contributed by atoms with van der Waals surface area (Å²) < 4.78 is 27.2. The van der Waals surface area contributed by atoms with Gasteiger partial charge in [-0.2, -0.15) is 0 Å². The molecular weight excluding hydrogens is 312 g/mol. The SMILES string of the molecule is CCCNS(=O)(=O)C(C)(C)c1ccc(N(Cl)C(C)=O)cc1. The third-order valence-corrected chi connectivity index (χ3v) is 5.88. The molecule has 0 unspecified atom stereocenters. The molecule has 0 aliphatic rings. The van der Waals surface area contributed by atoms with Crippen molar-refractivity contribution in [3.63, 3.8) is 0 Å². The zero-order chi connectivity index (χ0) is 16.3. The van der Waals surface area contributed by atoms with Crippen LogP contribution in [0.5, 0.6) is 0 Å². The number of anilines is 1. The fourth-order valence-corrected chi connectivity index (χ4v) is 3.14. The van der Waals surface area contributed by atoms with Gasteiger partial charge in [0, 0.05) is 25.2 Å². The van der Waals surface area contributed by atoms with E-state index in [0.717, 1.165) is 10.8 Å². The molecule has 118 valence electrons. The van der Waals surface area contributed by atoms with Gasteiger partial charge < -0.3 is 0 Å².